The molecule has 0 aliphatic carbocycles. The molecule has 2 rings (SSSR count). The van der Waals surface area contributed by atoms with Gasteiger partial charge in [-0.15, -0.1) is 0 Å². The standard InChI is InChI=1S/C9H9Cl2NO5S/c10-6-1-8-9(2-7(6)11)17-5(3-15-8)4-16-18(12,13)14/h1-2,5H,3-4H2,(H2,12,13,14). The minimum absolute atomic E-state index is 0.125. The van der Waals surface area contributed by atoms with Crippen LogP contribution >= 0.6 is 23.2 Å². The smallest absolute Gasteiger partial charge is 0.333 e. The maximum Gasteiger partial charge on any atom is 0.333 e. The summed E-state index contributed by atoms with van der Waals surface area (Å²) in [5, 5.41) is 5.36. The van der Waals surface area contributed by atoms with Crippen molar-refractivity contribution in [2.45, 2.75) is 6.10 Å². The Morgan fingerprint density at radius 2 is 1.94 bits per heavy atom. The maximum absolute atomic E-state index is 10.6. The molecule has 0 bridgehead atoms. The molecule has 18 heavy (non-hydrogen) atoms. The van der Waals surface area contributed by atoms with Crippen molar-refractivity contribution in [3.05, 3.63) is 22.2 Å². The number of halogens is 2. The van der Waals surface area contributed by atoms with E-state index in [2.05, 4.69) is 4.18 Å². The fourth-order valence-electron chi connectivity index (χ4n) is 1.36. The van der Waals surface area contributed by atoms with Gasteiger partial charge in [0, 0.05) is 12.1 Å². The van der Waals surface area contributed by atoms with Gasteiger partial charge in [0.15, 0.2) is 17.6 Å². The number of rotatable bonds is 3. The summed E-state index contributed by atoms with van der Waals surface area (Å²) >= 11 is 11.6. The van der Waals surface area contributed by atoms with E-state index in [9.17, 15) is 8.42 Å². The lowest BCUT2D eigenvalue weighted by molar-refractivity contribution is 0.0555. The molecule has 6 nitrogen and oxygen atoms in total. The molecule has 1 unspecified atom stereocenters. The Balaban J connectivity index is 2.08. The molecule has 9 heteroatoms. The Labute approximate surface area is 114 Å². The molecule has 0 radical (unpaired) electrons. The maximum atomic E-state index is 10.6. The van der Waals surface area contributed by atoms with E-state index in [0.29, 0.717) is 21.5 Å². The van der Waals surface area contributed by atoms with Crippen molar-refractivity contribution < 1.29 is 22.1 Å². The van der Waals surface area contributed by atoms with Crippen LogP contribution < -0.4 is 14.6 Å². The van der Waals surface area contributed by atoms with Gasteiger partial charge in [0.2, 0.25) is 0 Å². The average molecular weight is 314 g/mol. The minimum atomic E-state index is -4.00. The molecular weight excluding hydrogens is 305 g/mol. The van der Waals surface area contributed by atoms with Crippen molar-refractivity contribution in [1.82, 2.24) is 0 Å². The van der Waals surface area contributed by atoms with Crippen LogP contribution in [0.2, 0.25) is 10.0 Å². The zero-order chi connectivity index (χ0) is 13.3. The first-order valence-corrected chi connectivity index (χ1v) is 7.03. The second-order valence-electron chi connectivity index (χ2n) is 3.54. The van der Waals surface area contributed by atoms with Gasteiger partial charge >= 0.3 is 10.3 Å². The van der Waals surface area contributed by atoms with Crippen LogP contribution in [0.1, 0.15) is 0 Å². The first-order chi connectivity index (χ1) is 8.35. The Hall–Kier alpha value is -0.730. The highest BCUT2D eigenvalue weighted by molar-refractivity contribution is 7.84. The molecule has 1 aliphatic rings. The zero-order valence-electron chi connectivity index (χ0n) is 8.93. The Kier molecular flexibility index (Phi) is 3.88. The van der Waals surface area contributed by atoms with Crippen molar-refractivity contribution in [2.75, 3.05) is 13.2 Å². The zero-order valence-corrected chi connectivity index (χ0v) is 11.3. The Morgan fingerprint density at radius 3 is 2.56 bits per heavy atom. The number of benzene rings is 1. The third kappa shape index (κ3) is 3.39. The second kappa shape index (κ2) is 5.10. The third-order valence-corrected chi connectivity index (χ3v) is 3.31. The van der Waals surface area contributed by atoms with Crippen LogP contribution in [0, 0.1) is 0 Å². The van der Waals surface area contributed by atoms with E-state index in [-0.39, 0.29) is 13.2 Å². The van der Waals surface area contributed by atoms with Crippen molar-refractivity contribution in [3.63, 3.8) is 0 Å². The molecule has 2 N–H and O–H groups in total. The van der Waals surface area contributed by atoms with E-state index < -0.39 is 16.4 Å². The molecule has 0 spiro atoms. The van der Waals surface area contributed by atoms with Gasteiger partial charge in [-0.2, -0.15) is 8.42 Å². The molecule has 0 amide bonds. The Morgan fingerprint density at radius 1 is 1.33 bits per heavy atom. The molecule has 1 aliphatic heterocycles. The fraction of sp³-hybridized carbons (Fsp3) is 0.333. The molecule has 0 aromatic heterocycles. The van der Waals surface area contributed by atoms with Gasteiger partial charge in [-0.05, 0) is 0 Å². The first kappa shape index (κ1) is 13.7. The van der Waals surface area contributed by atoms with Gasteiger partial charge in [0.05, 0.1) is 10.0 Å². The molecular formula is C9H9Cl2NO5S. The summed E-state index contributed by atoms with van der Waals surface area (Å²) in [5.41, 5.74) is 0. The normalized spacial score (nSPS) is 18.7. The van der Waals surface area contributed by atoms with Gasteiger partial charge in [0.1, 0.15) is 13.2 Å². The predicted octanol–water partition coefficient (Wildman–Crippen LogP) is 1.35. The van der Waals surface area contributed by atoms with Gasteiger partial charge < -0.3 is 9.47 Å². The van der Waals surface area contributed by atoms with Crippen LogP contribution in [-0.4, -0.2) is 27.7 Å². The molecule has 1 aromatic rings. The monoisotopic (exact) mass is 313 g/mol. The number of ether oxygens (including phenoxy) is 2. The highest BCUT2D eigenvalue weighted by atomic mass is 35.5. The quantitative estimate of drug-likeness (QED) is 0.910. The van der Waals surface area contributed by atoms with Crippen LogP contribution in [-0.2, 0) is 14.5 Å². The first-order valence-electron chi connectivity index (χ1n) is 4.81. The molecule has 1 atom stereocenters. The lowest BCUT2D eigenvalue weighted by Gasteiger charge is -2.26. The highest BCUT2D eigenvalue weighted by Gasteiger charge is 2.24. The predicted molar refractivity (Wildman–Crippen MR) is 65.4 cm³/mol. The SMILES string of the molecule is NS(=O)(=O)OCC1COc2cc(Cl)c(Cl)cc2O1. The Bertz CT molecular complexity index is 562. The summed E-state index contributed by atoms with van der Waals surface area (Å²) in [7, 11) is -4.00. The average Bonchev–Trinajstić information content (AvgIpc) is 2.27. The summed E-state index contributed by atoms with van der Waals surface area (Å²) in [6.07, 6.45) is -0.590. The summed E-state index contributed by atoms with van der Waals surface area (Å²) in [5.74, 6) is 0.815. The molecule has 1 aromatic carbocycles. The molecule has 1 heterocycles. The van der Waals surface area contributed by atoms with E-state index >= 15 is 0 Å². The summed E-state index contributed by atoms with van der Waals surface area (Å²) in [4.78, 5) is 0. The van der Waals surface area contributed by atoms with E-state index in [4.69, 9.17) is 37.8 Å². The summed E-state index contributed by atoms with van der Waals surface area (Å²) in [6.45, 7) is -0.112. The van der Waals surface area contributed by atoms with E-state index in [1.54, 1.807) is 0 Å². The molecule has 100 valence electrons. The second-order valence-corrected chi connectivity index (χ2v) is 5.58. The van der Waals surface area contributed by atoms with Gasteiger partial charge in [-0.3, -0.25) is 4.18 Å². The molecule has 0 saturated carbocycles. The highest BCUT2D eigenvalue weighted by Crippen LogP contribution is 2.38. The van der Waals surface area contributed by atoms with E-state index in [0.717, 1.165) is 0 Å². The van der Waals surface area contributed by atoms with Crippen LogP contribution in [0.3, 0.4) is 0 Å². The fourth-order valence-corrected chi connectivity index (χ4v) is 2.01. The van der Waals surface area contributed by atoms with Crippen molar-refractivity contribution >= 4 is 33.5 Å². The third-order valence-electron chi connectivity index (χ3n) is 2.12. The van der Waals surface area contributed by atoms with Crippen LogP contribution in [0.15, 0.2) is 12.1 Å². The minimum Gasteiger partial charge on any atom is -0.486 e. The molecule has 0 saturated heterocycles. The number of hydrogen-bond acceptors (Lipinski definition) is 5. The number of fused-ring (bicyclic) bond motifs is 1. The van der Waals surface area contributed by atoms with Crippen molar-refractivity contribution in [1.29, 1.82) is 0 Å². The van der Waals surface area contributed by atoms with Gasteiger partial charge in [-0.25, -0.2) is 5.14 Å². The lowest BCUT2D eigenvalue weighted by Crippen LogP contribution is -2.35. The molecule has 0 fully saturated rings. The van der Waals surface area contributed by atoms with Crippen molar-refractivity contribution in [2.24, 2.45) is 5.14 Å². The number of hydrogen-bond donors (Lipinski definition) is 1. The van der Waals surface area contributed by atoms with Crippen LogP contribution in [0.4, 0.5) is 0 Å². The topological polar surface area (TPSA) is 87.9 Å². The number of nitrogens with two attached hydrogens (primary N) is 1. The summed E-state index contributed by atoms with van der Waals surface area (Å²) in [6, 6.07) is 3.01. The van der Waals surface area contributed by atoms with Gasteiger partial charge in [0.25, 0.3) is 0 Å². The van der Waals surface area contributed by atoms with Crippen molar-refractivity contribution in [3.8, 4) is 11.5 Å². The van der Waals surface area contributed by atoms with Crippen LogP contribution in [0.25, 0.3) is 0 Å². The lowest BCUT2D eigenvalue weighted by atomic mass is 10.2. The largest absolute Gasteiger partial charge is 0.486 e. The van der Waals surface area contributed by atoms with Crippen LogP contribution in [0.5, 0.6) is 11.5 Å². The van der Waals surface area contributed by atoms with E-state index in [1.807, 2.05) is 0 Å². The van der Waals surface area contributed by atoms with Gasteiger partial charge in [-0.1, -0.05) is 23.2 Å². The summed E-state index contributed by atoms with van der Waals surface area (Å²) < 4.78 is 36.5. The van der Waals surface area contributed by atoms with E-state index in [1.165, 1.54) is 12.1 Å².